The van der Waals surface area contributed by atoms with Crippen LogP contribution < -0.4 is 5.32 Å². The highest BCUT2D eigenvalue weighted by atomic mass is 35.5. The van der Waals surface area contributed by atoms with Gasteiger partial charge in [0.25, 0.3) is 0 Å². The molecule has 35 heavy (non-hydrogen) atoms. The Morgan fingerprint density at radius 2 is 1.94 bits per heavy atom. The molecular weight excluding hydrogens is 485 g/mol. The first kappa shape index (κ1) is 24.2. The van der Waals surface area contributed by atoms with E-state index in [-0.39, 0.29) is 12.0 Å². The zero-order chi connectivity index (χ0) is 24.7. The number of nitrogens with zero attached hydrogens (tertiary/aromatic N) is 4. The molecule has 2 aliphatic heterocycles. The van der Waals surface area contributed by atoms with Crippen LogP contribution in [0, 0.1) is 0 Å². The normalized spacial score (nSPS) is 26.4. The van der Waals surface area contributed by atoms with E-state index >= 15 is 0 Å². The molecule has 4 aliphatic rings. The zero-order valence-electron chi connectivity index (χ0n) is 20.3. The number of allylic oxidation sites excluding steroid dienone is 2. The average molecular weight is 516 g/mol. The molecule has 1 atom stereocenters. The van der Waals surface area contributed by atoms with Crippen LogP contribution in [0.3, 0.4) is 0 Å². The first-order chi connectivity index (χ1) is 16.7. The fourth-order valence-electron chi connectivity index (χ4n) is 5.36. The number of halogens is 2. The second-order valence-corrected chi connectivity index (χ2v) is 11.3. The van der Waals surface area contributed by atoms with Gasteiger partial charge in [0.1, 0.15) is 22.9 Å². The molecule has 7 nitrogen and oxygen atoms in total. The number of aromatic nitrogens is 1. The Labute approximate surface area is 216 Å². The Balaban J connectivity index is 1.38. The van der Waals surface area contributed by atoms with Crippen molar-refractivity contribution in [3.05, 3.63) is 63.4 Å². The van der Waals surface area contributed by atoms with E-state index in [2.05, 4.69) is 21.4 Å². The van der Waals surface area contributed by atoms with Crippen molar-refractivity contribution in [1.82, 2.24) is 20.2 Å². The fraction of sp³-hybridized carbons (Fsp3) is 0.500. The van der Waals surface area contributed by atoms with Gasteiger partial charge in [0.15, 0.2) is 6.04 Å². The number of carbonyl (C=O) groups excluding carboxylic acids is 1. The summed E-state index contributed by atoms with van der Waals surface area (Å²) >= 11 is 12.7. The molecule has 186 valence electrons. The number of rotatable bonds is 3. The molecule has 3 heterocycles. The summed E-state index contributed by atoms with van der Waals surface area (Å²) in [4.78, 5) is 19.7. The van der Waals surface area contributed by atoms with Gasteiger partial charge < -0.3 is 10.1 Å². The lowest BCUT2D eigenvalue weighted by atomic mass is 9.82. The van der Waals surface area contributed by atoms with E-state index in [0.29, 0.717) is 23.9 Å². The van der Waals surface area contributed by atoms with E-state index in [1.54, 1.807) is 12.5 Å². The molecule has 0 bridgehead atoms. The van der Waals surface area contributed by atoms with E-state index < -0.39 is 11.6 Å². The standard InChI is InChI=1S/C26H31Cl2N5O2/c1-26(2,3)35-25(34)23-20-11-8-17(27)13-21(20)30-14-22-32(23)15-31-33(22)18-9-6-16(7-10-18)19-5-4-12-29-24(19)28/h4-5,12-16,18,23,30H,6-11H2,1-3H3. The van der Waals surface area contributed by atoms with Gasteiger partial charge in [-0.15, -0.1) is 0 Å². The molecule has 1 aromatic rings. The maximum atomic E-state index is 13.5. The van der Waals surface area contributed by atoms with Crippen molar-refractivity contribution in [2.45, 2.75) is 82.9 Å². The zero-order valence-corrected chi connectivity index (χ0v) is 21.8. The lowest BCUT2D eigenvalue weighted by Gasteiger charge is -2.36. The van der Waals surface area contributed by atoms with Gasteiger partial charge in [-0.25, -0.2) is 14.8 Å². The number of carbonyl (C=O) groups is 1. The largest absolute Gasteiger partial charge is 0.458 e. The van der Waals surface area contributed by atoms with Crippen LogP contribution in [0.1, 0.15) is 70.8 Å². The minimum Gasteiger partial charge on any atom is -0.458 e. The lowest BCUT2D eigenvalue weighted by molar-refractivity contribution is -0.158. The fourth-order valence-corrected chi connectivity index (χ4v) is 5.83. The summed E-state index contributed by atoms with van der Waals surface area (Å²) < 4.78 is 5.85. The molecular formula is C26H31Cl2N5O2. The molecule has 5 rings (SSSR count). The molecule has 0 saturated heterocycles. The molecule has 0 aromatic carbocycles. The van der Waals surface area contributed by atoms with Gasteiger partial charge in [0.2, 0.25) is 0 Å². The van der Waals surface area contributed by atoms with Crippen LogP contribution >= 0.6 is 23.2 Å². The van der Waals surface area contributed by atoms with Crippen molar-refractivity contribution in [3.8, 4) is 0 Å². The van der Waals surface area contributed by atoms with Gasteiger partial charge in [0.05, 0.1) is 6.04 Å². The van der Waals surface area contributed by atoms with Crippen LogP contribution in [0.5, 0.6) is 0 Å². The van der Waals surface area contributed by atoms with Gasteiger partial charge in [-0.3, -0.25) is 4.90 Å². The van der Waals surface area contributed by atoms with Crippen LogP contribution in [0.25, 0.3) is 0 Å². The number of ether oxygens (including phenoxy) is 1. The Hall–Kier alpha value is -2.51. The summed E-state index contributed by atoms with van der Waals surface area (Å²) in [5.41, 5.74) is 2.37. The van der Waals surface area contributed by atoms with Crippen molar-refractivity contribution < 1.29 is 9.53 Å². The minimum atomic E-state index is -0.592. The highest BCUT2D eigenvalue weighted by Gasteiger charge is 2.43. The summed E-state index contributed by atoms with van der Waals surface area (Å²) in [5.74, 6) is 0.962. The van der Waals surface area contributed by atoms with Crippen molar-refractivity contribution in [1.29, 1.82) is 0 Å². The molecule has 1 fully saturated rings. The summed E-state index contributed by atoms with van der Waals surface area (Å²) in [7, 11) is 0. The number of hydrogen-bond donors (Lipinski definition) is 1. The molecule has 0 radical (unpaired) electrons. The van der Waals surface area contributed by atoms with Crippen molar-refractivity contribution >= 4 is 35.5 Å². The predicted molar refractivity (Wildman–Crippen MR) is 137 cm³/mol. The number of hydrogen-bond acceptors (Lipinski definition) is 7. The average Bonchev–Trinajstić information content (AvgIpc) is 3.14. The summed E-state index contributed by atoms with van der Waals surface area (Å²) in [6.45, 7) is 5.67. The van der Waals surface area contributed by atoms with E-state index in [9.17, 15) is 4.79 Å². The lowest BCUT2D eigenvalue weighted by Crippen LogP contribution is -2.45. The van der Waals surface area contributed by atoms with E-state index in [1.807, 2.05) is 44.0 Å². The third-order valence-electron chi connectivity index (χ3n) is 6.95. The Morgan fingerprint density at radius 3 is 2.66 bits per heavy atom. The monoisotopic (exact) mass is 515 g/mol. The third-order valence-corrected chi connectivity index (χ3v) is 7.56. The first-order valence-electron chi connectivity index (χ1n) is 12.2. The van der Waals surface area contributed by atoms with Crippen LogP contribution in [0.15, 0.2) is 57.8 Å². The number of pyridine rings is 1. The van der Waals surface area contributed by atoms with Crippen LogP contribution in [-0.4, -0.2) is 44.9 Å². The molecule has 1 unspecified atom stereocenters. The SMILES string of the molecule is CC(C)(C)OC(=O)C1C2=C(C=C(Cl)CC2)NC=C2N1C=NN2C1CCC(c2cccnc2Cl)CC1. The third kappa shape index (κ3) is 4.94. The highest BCUT2D eigenvalue weighted by Crippen LogP contribution is 2.41. The molecule has 1 saturated carbocycles. The second kappa shape index (κ2) is 9.51. The Kier molecular flexibility index (Phi) is 6.57. The van der Waals surface area contributed by atoms with Gasteiger partial charge in [0, 0.05) is 23.1 Å². The van der Waals surface area contributed by atoms with Crippen molar-refractivity contribution in [2.24, 2.45) is 5.10 Å². The van der Waals surface area contributed by atoms with E-state index in [1.165, 1.54) is 0 Å². The number of nitrogens with one attached hydrogen (secondary N) is 1. The number of esters is 1. The summed E-state index contributed by atoms with van der Waals surface area (Å²) in [6, 6.07) is 3.66. The molecule has 2 aliphatic carbocycles. The molecule has 1 N–H and O–H groups in total. The number of hydrazone groups is 1. The molecule has 1 aromatic heterocycles. The molecule has 9 heteroatoms. The smallest absolute Gasteiger partial charge is 0.334 e. The maximum absolute atomic E-state index is 13.5. The van der Waals surface area contributed by atoms with Gasteiger partial charge in [-0.05, 0) is 88.5 Å². The molecule has 0 spiro atoms. The van der Waals surface area contributed by atoms with Crippen LogP contribution in [0.4, 0.5) is 0 Å². The van der Waals surface area contributed by atoms with E-state index in [4.69, 9.17) is 33.0 Å². The molecule has 0 amide bonds. The highest BCUT2D eigenvalue weighted by molar-refractivity contribution is 6.30. The van der Waals surface area contributed by atoms with Crippen molar-refractivity contribution in [2.75, 3.05) is 0 Å². The van der Waals surface area contributed by atoms with Crippen molar-refractivity contribution in [3.63, 3.8) is 0 Å². The first-order valence-corrected chi connectivity index (χ1v) is 13.0. The van der Waals surface area contributed by atoms with Gasteiger partial charge in [-0.1, -0.05) is 29.3 Å². The topological polar surface area (TPSA) is 70.1 Å². The Morgan fingerprint density at radius 1 is 1.17 bits per heavy atom. The maximum Gasteiger partial charge on any atom is 0.334 e. The minimum absolute atomic E-state index is 0.226. The van der Waals surface area contributed by atoms with Gasteiger partial charge >= 0.3 is 5.97 Å². The Bertz CT molecular complexity index is 1130. The number of fused-ring (bicyclic) bond motifs is 1. The van der Waals surface area contributed by atoms with Gasteiger partial charge in [-0.2, -0.15) is 5.10 Å². The van der Waals surface area contributed by atoms with Crippen LogP contribution in [0.2, 0.25) is 5.15 Å². The quantitative estimate of drug-likeness (QED) is 0.417. The second-order valence-electron chi connectivity index (χ2n) is 10.5. The predicted octanol–water partition coefficient (Wildman–Crippen LogP) is 5.61. The summed E-state index contributed by atoms with van der Waals surface area (Å²) in [6.07, 6.45) is 12.7. The summed E-state index contributed by atoms with van der Waals surface area (Å²) in [5, 5.41) is 11.6. The van der Waals surface area contributed by atoms with E-state index in [0.717, 1.165) is 53.4 Å². The van der Waals surface area contributed by atoms with Crippen LogP contribution in [-0.2, 0) is 9.53 Å².